The maximum atomic E-state index is 12.1. The fraction of sp³-hybridized carbons (Fsp3) is 0.700. The molecule has 0 radical (unpaired) electrons. The standard InChI is InChI=1S/C10H18N4O3S/c1-10(3-2-4-17-10)7-13-18(15,16)9-8(5-11)6-12-14-9/h6,13H,2-5,7,11H2,1H3,(H,12,14). The number of nitrogens with zero attached hydrogens (tertiary/aromatic N) is 1. The van der Waals surface area contributed by atoms with Gasteiger partial charge in [0.15, 0.2) is 5.03 Å². The van der Waals surface area contributed by atoms with Gasteiger partial charge in [0.25, 0.3) is 10.0 Å². The number of ether oxygens (including phenoxy) is 1. The first-order chi connectivity index (χ1) is 8.47. The third-order valence-electron chi connectivity index (χ3n) is 3.10. The van der Waals surface area contributed by atoms with Gasteiger partial charge in [0.1, 0.15) is 0 Å². The van der Waals surface area contributed by atoms with Gasteiger partial charge in [-0.2, -0.15) is 5.10 Å². The van der Waals surface area contributed by atoms with Gasteiger partial charge in [0.2, 0.25) is 0 Å². The summed E-state index contributed by atoms with van der Waals surface area (Å²) in [4.78, 5) is 0. The van der Waals surface area contributed by atoms with Gasteiger partial charge in [0.05, 0.1) is 11.8 Å². The van der Waals surface area contributed by atoms with E-state index in [4.69, 9.17) is 10.5 Å². The highest BCUT2D eigenvalue weighted by atomic mass is 32.2. The molecule has 1 unspecified atom stereocenters. The second-order valence-electron chi connectivity index (χ2n) is 4.65. The number of nitrogens with one attached hydrogen (secondary N) is 2. The van der Waals surface area contributed by atoms with Gasteiger partial charge in [0, 0.05) is 25.3 Å². The SMILES string of the molecule is CC1(CNS(=O)(=O)c2[nH]ncc2CN)CCCO1. The smallest absolute Gasteiger partial charge is 0.257 e. The molecule has 4 N–H and O–H groups in total. The Morgan fingerprint density at radius 1 is 1.67 bits per heavy atom. The first-order valence-electron chi connectivity index (χ1n) is 5.83. The van der Waals surface area contributed by atoms with Crippen molar-refractivity contribution >= 4 is 10.0 Å². The quantitative estimate of drug-likeness (QED) is 0.683. The molecule has 8 heteroatoms. The van der Waals surface area contributed by atoms with E-state index >= 15 is 0 Å². The number of sulfonamides is 1. The number of hydrogen-bond donors (Lipinski definition) is 3. The molecule has 1 aliphatic rings. The second-order valence-corrected chi connectivity index (χ2v) is 6.36. The van der Waals surface area contributed by atoms with Crippen molar-refractivity contribution in [2.24, 2.45) is 5.73 Å². The fourth-order valence-electron chi connectivity index (χ4n) is 1.97. The third kappa shape index (κ3) is 2.72. The van der Waals surface area contributed by atoms with E-state index in [2.05, 4.69) is 14.9 Å². The summed E-state index contributed by atoms with van der Waals surface area (Å²) in [5, 5.41) is 6.20. The predicted octanol–water partition coefficient (Wildman–Crippen LogP) is -0.284. The molecule has 1 atom stereocenters. The van der Waals surface area contributed by atoms with E-state index < -0.39 is 15.6 Å². The maximum Gasteiger partial charge on any atom is 0.257 e. The van der Waals surface area contributed by atoms with Gasteiger partial charge in [-0.3, -0.25) is 5.10 Å². The zero-order valence-corrected chi connectivity index (χ0v) is 11.1. The Kier molecular flexibility index (Phi) is 3.71. The molecule has 0 saturated carbocycles. The van der Waals surface area contributed by atoms with E-state index in [-0.39, 0.29) is 18.1 Å². The number of aromatic nitrogens is 2. The van der Waals surface area contributed by atoms with Crippen LogP contribution in [-0.2, 0) is 21.3 Å². The molecule has 0 bridgehead atoms. The minimum Gasteiger partial charge on any atom is -0.374 e. The topological polar surface area (TPSA) is 110 Å². The van der Waals surface area contributed by atoms with Crippen LogP contribution >= 0.6 is 0 Å². The van der Waals surface area contributed by atoms with Gasteiger partial charge in [-0.1, -0.05) is 0 Å². The van der Waals surface area contributed by atoms with E-state index in [0.29, 0.717) is 12.2 Å². The summed E-state index contributed by atoms with van der Waals surface area (Å²) in [5.41, 5.74) is 5.51. The van der Waals surface area contributed by atoms with Gasteiger partial charge in [-0.15, -0.1) is 0 Å². The average molecular weight is 274 g/mol. The van der Waals surface area contributed by atoms with Crippen LogP contribution in [0.2, 0.25) is 0 Å². The molecule has 0 aliphatic carbocycles. The second kappa shape index (κ2) is 4.96. The Bertz CT molecular complexity index is 505. The number of aromatic amines is 1. The van der Waals surface area contributed by atoms with E-state index in [1.54, 1.807) is 0 Å². The monoisotopic (exact) mass is 274 g/mol. The zero-order chi connectivity index (χ0) is 13.2. The average Bonchev–Trinajstić information content (AvgIpc) is 2.96. The van der Waals surface area contributed by atoms with Crippen LogP contribution in [-0.4, -0.2) is 37.4 Å². The maximum absolute atomic E-state index is 12.1. The van der Waals surface area contributed by atoms with Gasteiger partial charge >= 0.3 is 0 Å². The summed E-state index contributed by atoms with van der Waals surface area (Å²) in [5.74, 6) is 0. The summed E-state index contributed by atoms with van der Waals surface area (Å²) in [6, 6.07) is 0. The van der Waals surface area contributed by atoms with Gasteiger partial charge < -0.3 is 10.5 Å². The number of rotatable bonds is 5. The van der Waals surface area contributed by atoms with Crippen molar-refractivity contribution in [1.29, 1.82) is 0 Å². The Balaban J connectivity index is 2.08. The zero-order valence-electron chi connectivity index (χ0n) is 10.3. The first kappa shape index (κ1) is 13.5. The Hall–Kier alpha value is -0.960. The Morgan fingerprint density at radius 3 is 3.06 bits per heavy atom. The molecule has 1 aliphatic heterocycles. The molecular weight excluding hydrogens is 256 g/mol. The minimum atomic E-state index is -3.61. The van der Waals surface area contributed by atoms with Crippen LogP contribution in [0.4, 0.5) is 0 Å². The first-order valence-corrected chi connectivity index (χ1v) is 7.31. The molecule has 0 amide bonds. The lowest BCUT2D eigenvalue weighted by Crippen LogP contribution is -2.40. The largest absolute Gasteiger partial charge is 0.374 e. The van der Waals surface area contributed by atoms with E-state index in [1.165, 1.54) is 6.20 Å². The summed E-state index contributed by atoms with van der Waals surface area (Å²) in [7, 11) is -3.61. The van der Waals surface area contributed by atoms with Crippen molar-refractivity contribution < 1.29 is 13.2 Å². The van der Waals surface area contributed by atoms with Gasteiger partial charge in [-0.25, -0.2) is 13.1 Å². The molecule has 0 spiro atoms. The van der Waals surface area contributed by atoms with Crippen molar-refractivity contribution in [3.8, 4) is 0 Å². The molecule has 1 aromatic heterocycles. The number of H-pyrrole nitrogens is 1. The van der Waals surface area contributed by atoms with E-state index in [1.807, 2.05) is 6.92 Å². The lowest BCUT2D eigenvalue weighted by Gasteiger charge is -2.23. The molecule has 1 fully saturated rings. The lowest BCUT2D eigenvalue weighted by molar-refractivity contribution is 0.0250. The third-order valence-corrected chi connectivity index (χ3v) is 4.52. The van der Waals surface area contributed by atoms with Gasteiger partial charge in [-0.05, 0) is 19.8 Å². The normalized spacial score (nSPS) is 24.6. The Morgan fingerprint density at radius 2 is 2.44 bits per heavy atom. The molecule has 1 saturated heterocycles. The predicted molar refractivity (Wildman–Crippen MR) is 65.3 cm³/mol. The van der Waals surface area contributed by atoms with E-state index in [9.17, 15) is 8.42 Å². The highest BCUT2D eigenvalue weighted by Crippen LogP contribution is 2.24. The Labute approximate surface area is 106 Å². The molecule has 102 valence electrons. The minimum absolute atomic E-state index is 0.0339. The van der Waals surface area contributed by atoms with Crippen LogP contribution in [0.3, 0.4) is 0 Å². The molecule has 7 nitrogen and oxygen atoms in total. The summed E-state index contributed by atoms with van der Waals surface area (Å²) >= 11 is 0. The van der Waals surface area contributed by atoms with Crippen LogP contribution < -0.4 is 10.5 Å². The molecule has 0 aromatic carbocycles. The number of nitrogens with two attached hydrogens (primary N) is 1. The summed E-state index contributed by atoms with van der Waals surface area (Å²) in [6.07, 6.45) is 3.22. The summed E-state index contributed by atoms with van der Waals surface area (Å²) in [6.45, 7) is 2.95. The van der Waals surface area contributed by atoms with Crippen molar-refractivity contribution in [3.05, 3.63) is 11.8 Å². The van der Waals surface area contributed by atoms with Crippen LogP contribution in [0.5, 0.6) is 0 Å². The summed E-state index contributed by atoms with van der Waals surface area (Å²) < 4.78 is 32.2. The van der Waals surface area contributed by atoms with Crippen LogP contribution in [0.15, 0.2) is 11.2 Å². The highest BCUT2D eigenvalue weighted by Gasteiger charge is 2.32. The van der Waals surface area contributed by atoms with Crippen molar-refractivity contribution in [2.75, 3.05) is 13.2 Å². The van der Waals surface area contributed by atoms with E-state index in [0.717, 1.165) is 12.8 Å². The molecular formula is C10H18N4O3S. The van der Waals surface area contributed by atoms with Crippen molar-refractivity contribution in [1.82, 2.24) is 14.9 Å². The molecule has 2 heterocycles. The van der Waals surface area contributed by atoms with Crippen molar-refractivity contribution in [3.63, 3.8) is 0 Å². The highest BCUT2D eigenvalue weighted by molar-refractivity contribution is 7.89. The van der Waals surface area contributed by atoms with Crippen molar-refractivity contribution in [2.45, 2.75) is 36.9 Å². The van der Waals surface area contributed by atoms with Crippen LogP contribution in [0.1, 0.15) is 25.3 Å². The molecule has 1 aromatic rings. The molecule has 18 heavy (non-hydrogen) atoms. The van der Waals surface area contributed by atoms with Crippen LogP contribution in [0, 0.1) is 0 Å². The lowest BCUT2D eigenvalue weighted by atomic mass is 10.0. The number of hydrogen-bond acceptors (Lipinski definition) is 5. The van der Waals surface area contributed by atoms with Crippen LogP contribution in [0.25, 0.3) is 0 Å². The fourth-order valence-corrected chi connectivity index (χ4v) is 3.27. The molecule has 2 rings (SSSR count).